The second-order valence-corrected chi connectivity index (χ2v) is 5.86. The molecule has 1 unspecified atom stereocenters. The first-order chi connectivity index (χ1) is 8.65. The summed E-state index contributed by atoms with van der Waals surface area (Å²) in [5, 5.41) is 1.39. The van der Waals surface area contributed by atoms with Crippen LogP contribution in [0.1, 0.15) is 37.7 Å². The first-order valence-corrected chi connectivity index (χ1v) is 7.28. The molecule has 1 aromatic rings. The zero-order valence-corrected chi connectivity index (χ0v) is 12.0. The van der Waals surface area contributed by atoms with Crippen molar-refractivity contribution >= 4 is 23.2 Å². The maximum absolute atomic E-state index is 6.21. The zero-order valence-electron chi connectivity index (χ0n) is 10.5. The van der Waals surface area contributed by atoms with Crippen LogP contribution in [0.25, 0.3) is 0 Å². The number of halogens is 2. The average Bonchev–Trinajstić information content (AvgIpc) is 2.34. The van der Waals surface area contributed by atoms with Gasteiger partial charge in [0.15, 0.2) is 0 Å². The van der Waals surface area contributed by atoms with Crippen LogP contribution in [0.2, 0.25) is 10.0 Å². The van der Waals surface area contributed by atoms with Crippen molar-refractivity contribution in [2.24, 2.45) is 5.73 Å². The summed E-state index contributed by atoms with van der Waals surface area (Å²) in [6, 6.07) is 5.77. The van der Waals surface area contributed by atoms with Crippen molar-refractivity contribution in [3.05, 3.63) is 45.5 Å². The highest BCUT2D eigenvalue weighted by atomic mass is 35.5. The minimum Gasteiger partial charge on any atom is -0.327 e. The summed E-state index contributed by atoms with van der Waals surface area (Å²) in [7, 11) is 0. The van der Waals surface area contributed by atoms with Crippen molar-refractivity contribution < 1.29 is 0 Å². The lowest BCUT2D eigenvalue weighted by atomic mass is 9.92. The number of hydrogen-bond donors (Lipinski definition) is 1. The van der Waals surface area contributed by atoms with Crippen LogP contribution < -0.4 is 5.73 Å². The van der Waals surface area contributed by atoms with Gasteiger partial charge in [0.1, 0.15) is 0 Å². The van der Waals surface area contributed by atoms with E-state index in [2.05, 4.69) is 6.08 Å². The molecular formula is C15H19Cl2N. The summed E-state index contributed by atoms with van der Waals surface area (Å²) in [6.07, 6.45) is 9.20. The van der Waals surface area contributed by atoms with Gasteiger partial charge < -0.3 is 5.73 Å². The van der Waals surface area contributed by atoms with Crippen molar-refractivity contribution in [2.45, 2.75) is 44.6 Å². The van der Waals surface area contributed by atoms with E-state index in [1.54, 1.807) is 6.07 Å². The third kappa shape index (κ3) is 4.01. The summed E-state index contributed by atoms with van der Waals surface area (Å²) in [6.45, 7) is 0. The zero-order chi connectivity index (χ0) is 13.0. The number of allylic oxidation sites excluding steroid dienone is 1. The highest BCUT2D eigenvalue weighted by molar-refractivity contribution is 6.35. The van der Waals surface area contributed by atoms with E-state index in [0.717, 1.165) is 23.4 Å². The molecule has 2 N–H and O–H groups in total. The van der Waals surface area contributed by atoms with E-state index in [1.807, 2.05) is 12.1 Å². The van der Waals surface area contributed by atoms with Gasteiger partial charge in [0.05, 0.1) is 0 Å². The lowest BCUT2D eigenvalue weighted by Gasteiger charge is -2.18. The number of nitrogens with two attached hydrogens (primary N) is 1. The molecule has 98 valence electrons. The summed E-state index contributed by atoms with van der Waals surface area (Å²) < 4.78 is 0. The molecule has 0 heterocycles. The molecule has 1 aliphatic rings. The second kappa shape index (κ2) is 6.60. The molecule has 1 atom stereocenters. The molecule has 1 aliphatic carbocycles. The smallest absolute Gasteiger partial charge is 0.0453 e. The number of rotatable bonds is 4. The Hall–Kier alpha value is -0.500. The first-order valence-electron chi connectivity index (χ1n) is 6.52. The molecular weight excluding hydrogens is 265 g/mol. The fourth-order valence-electron chi connectivity index (χ4n) is 2.47. The summed E-state index contributed by atoms with van der Waals surface area (Å²) in [4.78, 5) is 0. The van der Waals surface area contributed by atoms with Crippen LogP contribution >= 0.6 is 23.2 Å². The molecule has 1 aromatic carbocycles. The molecule has 0 fully saturated rings. The molecule has 18 heavy (non-hydrogen) atoms. The monoisotopic (exact) mass is 283 g/mol. The summed E-state index contributed by atoms with van der Waals surface area (Å²) in [5.41, 5.74) is 8.81. The van der Waals surface area contributed by atoms with Crippen LogP contribution in [0.15, 0.2) is 29.8 Å². The van der Waals surface area contributed by atoms with Crippen molar-refractivity contribution in [3.8, 4) is 0 Å². The summed E-state index contributed by atoms with van der Waals surface area (Å²) in [5.74, 6) is 0. The molecule has 0 aliphatic heterocycles. The van der Waals surface area contributed by atoms with Crippen LogP contribution in [0.3, 0.4) is 0 Å². The predicted molar refractivity (Wildman–Crippen MR) is 79.3 cm³/mol. The minimum atomic E-state index is 0.146. The van der Waals surface area contributed by atoms with E-state index in [9.17, 15) is 0 Å². The van der Waals surface area contributed by atoms with Gasteiger partial charge in [-0.2, -0.15) is 0 Å². The van der Waals surface area contributed by atoms with Crippen molar-refractivity contribution in [2.75, 3.05) is 0 Å². The lowest BCUT2D eigenvalue weighted by molar-refractivity contribution is 0.606. The Morgan fingerprint density at radius 3 is 2.67 bits per heavy atom. The van der Waals surface area contributed by atoms with Gasteiger partial charge in [-0.15, -0.1) is 0 Å². The molecule has 3 heteroatoms. The fraction of sp³-hybridized carbons (Fsp3) is 0.467. The van der Waals surface area contributed by atoms with Crippen LogP contribution in [0, 0.1) is 0 Å². The normalized spacial score (nSPS) is 17.4. The van der Waals surface area contributed by atoms with Crippen LogP contribution in [0.4, 0.5) is 0 Å². The second-order valence-electron chi connectivity index (χ2n) is 5.01. The average molecular weight is 284 g/mol. The molecule has 0 bridgehead atoms. The molecule has 0 aromatic heterocycles. The maximum atomic E-state index is 6.21. The molecule has 0 saturated carbocycles. The third-order valence-corrected chi connectivity index (χ3v) is 3.99. The SMILES string of the molecule is NC(CC1=CCCCC1)Cc1ccc(Cl)cc1Cl. The minimum absolute atomic E-state index is 0.146. The maximum Gasteiger partial charge on any atom is 0.0453 e. The fourth-order valence-corrected chi connectivity index (χ4v) is 2.95. The summed E-state index contributed by atoms with van der Waals surface area (Å²) >= 11 is 12.0. The quantitative estimate of drug-likeness (QED) is 0.793. The van der Waals surface area contributed by atoms with Gasteiger partial charge in [-0.1, -0.05) is 40.9 Å². The highest BCUT2D eigenvalue weighted by Gasteiger charge is 2.11. The molecule has 2 rings (SSSR count). The van der Waals surface area contributed by atoms with Crippen molar-refractivity contribution in [1.82, 2.24) is 0 Å². The van der Waals surface area contributed by atoms with Crippen LogP contribution in [0.5, 0.6) is 0 Å². The van der Waals surface area contributed by atoms with Crippen molar-refractivity contribution in [3.63, 3.8) is 0 Å². The molecule has 1 nitrogen and oxygen atoms in total. The Bertz CT molecular complexity index is 440. The Labute approximate surface area is 119 Å². The molecule has 0 spiro atoms. The van der Waals surface area contributed by atoms with Crippen molar-refractivity contribution in [1.29, 1.82) is 0 Å². The van der Waals surface area contributed by atoms with Crippen LogP contribution in [-0.4, -0.2) is 6.04 Å². The van der Waals surface area contributed by atoms with Gasteiger partial charge in [0.2, 0.25) is 0 Å². The van der Waals surface area contributed by atoms with E-state index in [1.165, 1.54) is 31.3 Å². The standard InChI is InChI=1S/C15H19Cl2N/c16-13-7-6-12(15(17)10-13)9-14(18)8-11-4-2-1-3-5-11/h4,6-7,10,14H,1-3,5,8-9,18H2. The van der Waals surface area contributed by atoms with E-state index in [-0.39, 0.29) is 6.04 Å². The van der Waals surface area contributed by atoms with Gasteiger partial charge in [-0.3, -0.25) is 0 Å². The van der Waals surface area contributed by atoms with E-state index in [4.69, 9.17) is 28.9 Å². The van der Waals surface area contributed by atoms with Crippen LogP contribution in [-0.2, 0) is 6.42 Å². The lowest BCUT2D eigenvalue weighted by Crippen LogP contribution is -2.24. The molecule has 0 radical (unpaired) electrons. The Balaban J connectivity index is 1.94. The highest BCUT2D eigenvalue weighted by Crippen LogP contribution is 2.25. The number of benzene rings is 1. The first kappa shape index (κ1) is 13.9. The Morgan fingerprint density at radius 2 is 2.00 bits per heavy atom. The van der Waals surface area contributed by atoms with Gasteiger partial charge in [0.25, 0.3) is 0 Å². The Kier molecular flexibility index (Phi) is 5.11. The van der Waals surface area contributed by atoms with E-state index >= 15 is 0 Å². The molecule has 0 saturated heterocycles. The van der Waals surface area contributed by atoms with Gasteiger partial charge >= 0.3 is 0 Å². The predicted octanol–water partition coefficient (Wildman–Crippen LogP) is 4.75. The number of hydrogen-bond acceptors (Lipinski definition) is 1. The Morgan fingerprint density at radius 1 is 1.17 bits per heavy atom. The molecule has 0 amide bonds. The van der Waals surface area contributed by atoms with Gasteiger partial charge in [-0.25, -0.2) is 0 Å². The van der Waals surface area contributed by atoms with Gasteiger partial charge in [0, 0.05) is 16.1 Å². The topological polar surface area (TPSA) is 26.0 Å². The van der Waals surface area contributed by atoms with E-state index in [0.29, 0.717) is 5.02 Å². The largest absolute Gasteiger partial charge is 0.327 e. The third-order valence-electron chi connectivity index (χ3n) is 3.41. The van der Waals surface area contributed by atoms with Gasteiger partial charge in [-0.05, 0) is 56.2 Å². The van der Waals surface area contributed by atoms with E-state index < -0.39 is 0 Å².